The molecule has 0 saturated heterocycles. The molecule has 0 bridgehead atoms. The third kappa shape index (κ3) is 2.74. The Hall–Kier alpha value is -1.61. The zero-order valence-electron chi connectivity index (χ0n) is 9.84. The summed E-state index contributed by atoms with van der Waals surface area (Å²) in [6.07, 6.45) is 0.976. The molecule has 1 heterocycles. The zero-order chi connectivity index (χ0) is 12.3. The van der Waals surface area contributed by atoms with Gasteiger partial charge in [0.2, 0.25) is 0 Å². The fraction of sp³-hybridized carbons (Fsp3) is 0.214. The summed E-state index contributed by atoms with van der Waals surface area (Å²) >= 11 is 1.63. The molecular weight excluding hydrogens is 232 g/mol. The van der Waals surface area contributed by atoms with E-state index in [0.29, 0.717) is 5.56 Å². The first-order valence-electron chi connectivity index (χ1n) is 5.49. The lowest BCUT2D eigenvalue weighted by Crippen LogP contribution is -2.06. The molecule has 0 aliphatic heterocycles. The van der Waals surface area contributed by atoms with Crippen LogP contribution in [-0.2, 0) is 0 Å². The molecular formula is C14H14O2S. The summed E-state index contributed by atoms with van der Waals surface area (Å²) in [6, 6.07) is 7.53. The maximum Gasteiger partial charge on any atom is 0.150 e. The number of hydrogen-bond acceptors (Lipinski definition) is 3. The summed E-state index contributed by atoms with van der Waals surface area (Å²) in [5.74, 6) is 0.823. The van der Waals surface area contributed by atoms with Crippen LogP contribution in [0.25, 0.3) is 11.1 Å². The molecule has 0 spiro atoms. The summed E-state index contributed by atoms with van der Waals surface area (Å²) in [7, 11) is 0. The molecule has 0 atom stereocenters. The molecule has 17 heavy (non-hydrogen) atoms. The molecule has 1 aromatic carbocycles. The van der Waals surface area contributed by atoms with Crippen molar-refractivity contribution in [1.29, 1.82) is 0 Å². The van der Waals surface area contributed by atoms with Crippen LogP contribution in [0, 0.1) is 0 Å². The van der Waals surface area contributed by atoms with Crippen molar-refractivity contribution in [2.45, 2.75) is 20.0 Å². The van der Waals surface area contributed by atoms with Crippen molar-refractivity contribution in [3.63, 3.8) is 0 Å². The summed E-state index contributed by atoms with van der Waals surface area (Å²) in [5, 5.41) is 4.07. The Kier molecular flexibility index (Phi) is 3.59. The Labute approximate surface area is 105 Å². The van der Waals surface area contributed by atoms with Crippen molar-refractivity contribution in [2.75, 3.05) is 0 Å². The summed E-state index contributed by atoms with van der Waals surface area (Å²) in [4.78, 5) is 10.8. The van der Waals surface area contributed by atoms with Gasteiger partial charge in [-0.05, 0) is 54.4 Å². The van der Waals surface area contributed by atoms with E-state index in [1.807, 2.05) is 37.4 Å². The van der Waals surface area contributed by atoms with E-state index in [1.165, 1.54) is 0 Å². The van der Waals surface area contributed by atoms with Gasteiger partial charge in [0.25, 0.3) is 0 Å². The van der Waals surface area contributed by atoms with Crippen molar-refractivity contribution in [2.24, 2.45) is 0 Å². The van der Waals surface area contributed by atoms with Crippen LogP contribution in [0.5, 0.6) is 5.75 Å². The highest BCUT2D eigenvalue weighted by Crippen LogP contribution is 2.32. The average Bonchev–Trinajstić information content (AvgIpc) is 2.82. The number of hydrogen-bond donors (Lipinski definition) is 0. The predicted octanol–water partition coefficient (Wildman–Crippen LogP) is 4.01. The first kappa shape index (κ1) is 11.9. The largest absolute Gasteiger partial charge is 0.490 e. The molecule has 0 amide bonds. The maximum absolute atomic E-state index is 10.8. The van der Waals surface area contributed by atoms with Gasteiger partial charge in [0.1, 0.15) is 12.0 Å². The molecule has 0 fully saturated rings. The van der Waals surface area contributed by atoms with Crippen LogP contribution in [0.2, 0.25) is 0 Å². The highest BCUT2D eigenvalue weighted by Gasteiger charge is 2.09. The second-order valence-corrected chi connectivity index (χ2v) is 4.83. The normalized spacial score (nSPS) is 10.5. The quantitative estimate of drug-likeness (QED) is 0.762. The lowest BCUT2D eigenvalue weighted by Gasteiger charge is -2.14. The van der Waals surface area contributed by atoms with Crippen molar-refractivity contribution in [1.82, 2.24) is 0 Å². The molecule has 88 valence electrons. The summed E-state index contributed by atoms with van der Waals surface area (Å²) in [6.45, 7) is 3.98. The first-order chi connectivity index (χ1) is 8.20. The van der Waals surface area contributed by atoms with Gasteiger partial charge in [0, 0.05) is 11.1 Å². The number of rotatable bonds is 4. The van der Waals surface area contributed by atoms with Crippen LogP contribution in [0.4, 0.5) is 0 Å². The lowest BCUT2D eigenvalue weighted by atomic mass is 10.1. The van der Waals surface area contributed by atoms with E-state index >= 15 is 0 Å². The third-order valence-corrected chi connectivity index (χ3v) is 3.02. The molecule has 3 heteroatoms. The van der Waals surface area contributed by atoms with E-state index in [0.717, 1.165) is 23.2 Å². The molecule has 0 aliphatic rings. The third-order valence-electron chi connectivity index (χ3n) is 2.33. The predicted molar refractivity (Wildman–Crippen MR) is 70.9 cm³/mol. The molecule has 0 N–H and O–H groups in total. The Bertz CT molecular complexity index is 501. The Morgan fingerprint density at radius 1 is 1.29 bits per heavy atom. The Morgan fingerprint density at radius 3 is 2.71 bits per heavy atom. The van der Waals surface area contributed by atoms with Gasteiger partial charge in [0.05, 0.1) is 6.10 Å². The van der Waals surface area contributed by atoms with Crippen LogP contribution in [0.1, 0.15) is 24.2 Å². The zero-order valence-corrected chi connectivity index (χ0v) is 10.7. The molecule has 0 aliphatic carbocycles. The molecule has 2 nitrogen and oxygen atoms in total. The SMILES string of the molecule is CC(C)Oc1ccc(C=O)cc1-c1ccsc1. The molecule has 2 aromatic rings. The molecule has 2 rings (SSSR count). The van der Waals surface area contributed by atoms with Gasteiger partial charge in [-0.3, -0.25) is 4.79 Å². The van der Waals surface area contributed by atoms with Crippen LogP contribution >= 0.6 is 11.3 Å². The molecule has 0 saturated carbocycles. The van der Waals surface area contributed by atoms with E-state index in [1.54, 1.807) is 17.4 Å². The second kappa shape index (κ2) is 5.15. The van der Waals surface area contributed by atoms with E-state index in [2.05, 4.69) is 5.38 Å². The standard InChI is InChI=1S/C14H14O2S/c1-10(2)16-14-4-3-11(8-15)7-13(14)12-5-6-17-9-12/h3-10H,1-2H3. The Balaban J connectivity index is 2.48. The molecule has 0 radical (unpaired) electrons. The second-order valence-electron chi connectivity index (χ2n) is 4.05. The van der Waals surface area contributed by atoms with Crippen LogP contribution < -0.4 is 4.74 Å². The fourth-order valence-electron chi connectivity index (χ4n) is 1.62. The first-order valence-corrected chi connectivity index (χ1v) is 6.43. The van der Waals surface area contributed by atoms with Crippen molar-refractivity contribution in [3.05, 3.63) is 40.6 Å². The highest BCUT2D eigenvalue weighted by atomic mass is 32.1. The molecule has 1 aromatic heterocycles. The number of benzene rings is 1. The van der Waals surface area contributed by atoms with E-state index in [-0.39, 0.29) is 6.10 Å². The minimum Gasteiger partial charge on any atom is -0.490 e. The molecule has 0 unspecified atom stereocenters. The van der Waals surface area contributed by atoms with Gasteiger partial charge < -0.3 is 4.74 Å². The number of thiophene rings is 1. The van der Waals surface area contributed by atoms with Crippen molar-refractivity contribution in [3.8, 4) is 16.9 Å². The van der Waals surface area contributed by atoms with Gasteiger partial charge in [-0.15, -0.1) is 0 Å². The van der Waals surface area contributed by atoms with E-state index in [4.69, 9.17) is 4.74 Å². The van der Waals surface area contributed by atoms with Gasteiger partial charge in [-0.25, -0.2) is 0 Å². The van der Waals surface area contributed by atoms with Crippen molar-refractivity contribution < 1.29 is 9.53 Å². The topological polar surface area (TPSA) is 26.3 Å². The average molecular weight is 246 g/mol. The van der Waals surface area contributed by atoms with Crippen molar-refractivity contribution >= 4 is 17.6 Å². The number of ether oxygens (including phenoxy) is 1. The van der Waals surface area contributed by atoms with Crippen LogP contribution in [0.15, 0.2) is 35.0 Å². The monoisotopic (exact) mass is 246 g/mol. The number of carbonyl (C=O) groups is 1. The van der Waals surface area contributed by atoms with E-state index in [9.17, 15) is 4.79 Å². The number of aldehydes is 1. The summed E-state index contributed by atoms with van der Waals surface area (Å²) < 4.78 is 5.76. The van der Waals surface area contributed by atoms with Gasteiger partial charge in [-0.2, -0.15) is 11.3 Å². The Morgan fingerprint density at radius 2 is 2.12 bits per heavy atom. The number of carbonyl (C=O) groups excluding carboxylic acids is 1. The summed E-state index contributed by atoms with van der Waals surface area (Å²) in [5.41, 5.74) is 2.74. The lowest BCUT2D eigenvalue weighted by molar-refractivity contribution is 0.112. The maximum atomic E-state index is 10.8. The van der Waals surface area contributed by atoms with Gasteiger partial charge >= 0.3 is 0 Å². The van der Waals surface area contributed by atoms with Gasteiger partial charge in [-0.1, -0.05) is 0 Å². The highest BCUT2D eigenvalue weighted by molar-refractivity contribution is 7.08. The van der Waals surface area contributed by atoms with Crippen LogP contribution in [-0.4, -0.2) is 12.4 Å². The van der Waals surface area contributed by atoms with E-state index < -0.39 is 0 Å². The van der Waals surface area contributed by atoms with Crippen LogP contribution in [0.3, 0.4) is 0 Å². The fourth-order valence-corrected chi connectivity index (χ4v) is 2.28. The minimum absolute atomic E-state index is 0.120. The van der Waals surface area contributed by atoms with Gasteiger partial charge in [0.15, 0.2) is 0 Å². The minimum atomic E-state index is 0.120. The smallest absolute Gasteiger partial charge is 0.150 e.